The Hall–Kier alpha value is -4.26. The number of amides is 1. The van der Waals surface area contributed by atoms with Gasteiger partial charge in [-0.2, -0.15) is 5.10 Å². The number of aromatic nitrogens is 3. The Labute approximate surface area is 204 Å². The van der Waals surface area contributed by atoms with Crippen molar-refractivity contribution in [3.8, 4) is 11.3 Å². The third-order valence-electron chi connectivity index (χ3n) is 6.11. The topological polar surface area (TPSA) is 77.3 Å². The van der Waals surface area contributed by atoms with E-state index in [0.29, 0.717) is 29.9 Å². The van der Waals surface area contributed by atoms with E-state index in [1.165, 1.54) is 0 Å². The number of hydrogen-bond acceptors (Lipinski definition) is 5. The molecule has 1 aliphatic rings. The molecule has 2 aromatic heterocycles. The number of hydrogen-bond donors (Lipinski definition) is 0. The van der Waals surface area contributed by atoms with Gasteiger partial charge in [0, 0.05) is 36.4 Å². The molecule has 0 fully saturated rings. The van der Waals surface area contributed by atoms with Gasteiger partial charge in [-0.1, -0.05) is 48.5 Å². The number of rotatable bonds is 6. The molecule has 0 bridgehead atoms. The molecule has 0 aliphatic carbocycles. The van der Waals surface area contributed by atoms with E-state index in [2.05, 4.69) is 10.1 Å². The third kappa shape index (κ3) is 4.84. The van der Waals surface area contributed by atoms with Gasteiger partial charge in [0.05, 0.1) is 6.54 Å². The lowest BCUT2D eigenvalue weighted by atomic mass is 10.0. The maximum atomic E-state index is 13.3. The molecule has 35 heavy (non-hydrogen) atoms. The highest BCUT2D eigenvalue weighted by Gasteiger charge is 2.30. The maximum absolute atomic E-state index is 13.3. The minimum atomic E-state index is -0.937. The van der Waals surface area contributed by atoms with Crippen LogP contribution in [0.3, 0.4) is 0 Å². The lowest BCUT2D eigenvalue weighted by Crippen LogP contribution is -2.42. The summed E-state index contributed by atoms with van der Waals surface area (Å²) in [6.07, 6.45) is 5.87. The molecule has 0 radical (unpaired) electrons. The molecule has 7 nitrogen and oxygen atoms in total. The van der Waals surface area contributed by atoms with Gasteiger partial charge in [-0.05, 0) is 49.1 Å². The Balaban J connectivity index is 1.39. The minimum absolute atomic E-state index is 0.231. The number of ether oxygens (including phenoxy) is 1. The monoisotopic (exact) mass is 466 g/mol. The first-order valence-corrected chi connectivity index (χ1v) is 11.7. The van der Waals surface area contributed by atoms with Gasteiger partial charge < -0.3 is 9.64 Å². The highest BCUT2D eigenvalue weighted by atomic mass is 16.5. The summed E-state index contributed by atoms with van der Waals surface area (Å²) in [4.78, 5) is 32.4. The second kappa shape index (κ2) is 9.93. The number of pyridine rings is 1. The van der Waals surface area contributed by atoms with Crippen molar-refractivity contribution in [2.45, 2.75) is 32.4 Å². The normalized spacial score (nSPS) is 13.7. The van der Waals surface area contributed by atoms with Crippen LogP contribution < -0.4 is 4.90 Å². The number of fused-ring (bicyclic) bond motifs is 1. The molecular weight excluding hydrogens is 440 g/mol. The van der Waals surface area contributed by atoms with Gasteiger partial charge in [-0.25, -0.2) is 4.79 Å². The molecule has 0 saturated carbocycles. The molecule has 5 rings (SSSR count). The van der Waals surface area contributed by atoms with Crippen LogP contribution in [-0.4, -0.2) is 39.3 Å². The van der Waals surface area contributed by atoms with Crippen LogP contribution in [0.5, 0.6) is 0 Å². The highest BCUT2D eigenvalue weighted by Crippen LogP contribution is 2.28. The predicted octanol–water partition coefficient (Wildman–Crippen LogP) is 4.52. The SMILES string of the molecule is C[C@@H](OC(=O)c1cn(Cc2ccccc2)nc1-c1cccnc1)C(=O)N1CCCc2ccccc21. The standard InChI is InChI=1S/C28H26N4O3/c1-20(27(33)32-16-8-13-22-11-5-6-14-25(22)32)35-28(34)24-19-31(18-21-9-3-2-4-10-21)30-26(24)23-12-7-15-29-17-23/h2-7,9-12,14-15,17,19-20H,8,13,16,18H2,1H3/t20-/m1/s1. The van der Waals surface area contributed by atoms with Gasteiger partial charge in [-0.15, -0.1) is 0 Å². The average Bonchev–Trinajstić information content (AvgIpc) is 3.33. The minimum Gasteiger partial charge on any atom is -0.449 e. The first-order chi connectivity index (χ1) is 17.1. The van der Waals surface area contributed by atoms with Crippen molar-refractivity contribution in [1.29, 1.82) is 0 Å². The van der Waals surface area contributed by atoms with Gasteiger partial charge >= 0.3 is 5.97 Å². The first kappa shape index (κ1) is 22.5. The van der Waals surface area contributed by atoms with Crippen LogP contribution in [0, 0.1) is 0 Å². The molecule has 0 saturated heterocycles. The summed E-state index contributed by atoms with van der Waals surface area (Å²) >= 11 is 0. The number of carbonyl (C=O) groups is 2. The Morgan fingerprint density at radius 3 is 2.63 bits per heavy atom. The van der Waals surface area contributed by atoms with Crippen LogP contribution in [0.1, 0.15) is 34.8 Å². The van der Waals surface area contributed by atoms with E-state index in [-0.39, 0.29) is 5.91 Å². The second-order valence-corrected chi connectivity index (χ2v) is 8.59. The lowest BCUT2D eigenvalue weighted by molar-refractivity contribution is -0.126. The van der Waals surface area contributed by atoms with E-state index < -0.39 is 12.1 Å². The second-order valence-electron chi connectivity index (χ2n) is 8.59. The summed E-state index contributed by atoms with van der Waals surface area (Å²) in [7, 11) is 0. The molecular formula is C28H26N4O3. The molecule has 2 aromatic carbocycles. The Morgan fingerprint density at radius 2 is 1.83 bits per heavy atom. The van der Waals surface area contributed by atoms with E-state index in [9.17, 15) is 9.59 Å². The van der Waals surface area contributed by atoms with Crippen LogP contribution >= 0.6 is 0 Å². The zero-order valence-electron chi connectivity index (χ0n) is 19.5. The van der Waals surface area contributed by atoms with Crippen molar-refractivity contribution < 1.29 is 14.3 Å². The molecule has 1 amide bonds. The van der Waals surface area contributed by atoms with Gasteiger partial charge in [-0.3, -0.25) is 14.5 Å². The number of para-hydroxylation sites is 1. The molecule has 0 spiro atoms. The van der Waals surface area contributed by atoms with E-state index in [0.717, 1.165) is 29.7 Å². The van der Waals surface area contributed by atoms with E-state index in [1.54, 1.807) is 41.2 Å². The molecule has 0 unspecified atom stereocenters. The summed E-state index contributed by atoms with van der Waals surface area (Å²) in [5.41, 5.74) is 4.55. The van der Waals surface area contributed by atoms with Crippen molar-refractivity contribution in [1.82, 2.24) is 14.8 Å². The average molecular weight is 467 g/mol. The molecule has 4 aromatic rings. The van der Waals surface area contributed by atoms with Crippen molar-refractivity contribution in [3.63, 3.8) is 0 Å². The fraction of sp³-hybridized carbons (Fsp3) is 0.214. The van der Waals surface area contributed by atoms with Gasteiger partial charge in [0.15, 0.2) is 6.10 Å². The molecule has 1 atom stereocenters. The van der Waals surface area contributed by atoms with Crippen LogP contribution in [0.2, 0.25) is 0 Å². The smallest absolute Gasteiger partial charge is 0.342 e. The fourth-order valence-electron chi connectivity index (χ4n) is 4.39. The van der Waals surface area contributed by atoms with Gasteiger partial charge in [0.25, 0.3) is 5.91 Å². The van der Waals surface area contributed by atoms with Crippen molar-refractivity contribution in [2.24, 2.45) is 0 Å². The zero-order chi connectivity index (χ0) is 24.2. The molecule has 176 valence electrons. The summed E-state index contributed by atoms with van der Waals surface area (Å²) in [6.45, 7) is 2.73. The van der Waals surface area contributed by atoms with Crippen molar-refractivity contribution in [3.05, 3.63) is 102 Å². The Bertz CT molecular complexity index is 1330. The zero-order valence-corrected chi connectivity index (χ0v) is 19.5. The number of nitrogens with zero attached hydrogens (tertiary/aromatic N) is 4. The predicted molar refractivity (Wildman–Crippen MR) is 133 cm³/mol. The third-order valence-corrected chi connectivity index (χ3v) is 6.11. The van der Waals surface area contributed by atoms with Crippen LogP contribution in [-0.2, 0) is 22.5 Å². The molecule has 7 heteroatoms. The maximum Gasteiger partial charge on any atom is 0.342 e. The van der Waals surface area contributed by atoms with E-state index in [1.807, 2.05) is 60.7 Å². The number of aryl methyl sites for hydroxylation is 1. The fourth-order valence-corrected chi connectivity index (χ4v) is 4.39. The summed E-state index contributed by atoms with van der Waals surface area (Å²) in [5.74, 6) is -0.820. The molecule has 0 N–H and O–H groups in total. The number of benzene rings is 2. The summed E-state index contributed by atoms with van der Waals surface area (Å²) in [5, 5.41) is 4.65. The van der Waals surface area contributed by atoms with E-state index in [4.69, 9.17) is 4.74 Å². The largest absolute Gasteiger partial charge is 0.449 e. The summed E-state index contributed by atoms with van der Waals surface area (Å²) < 4.78 is 7.40. The van der Waals surface area contributed by atoms with Crippen LogP contribution in [0.4, 0.5) is 5.69 Å². The highest BCUT2D eigenvalue weighted by molar-refractivity contribution is 6.01. The first-order valence-electron chi connectivity index (χ1n) is 11.7. The lowest BCUT2D eigenvalue weighted by Gasteiger charge is -2.31. The Kier molecular flexibility index (Phi) is 6.39. The quantitative estimate of drug-likeness (QED) is 0.391. The summed E-state index contributed by atoms with van der Waals surface area (Å²) in [6, 6.07) is 21.4. The molecule has 3 heterocycles. The number of anilines is 1. The van der Waals surface area contributed by atoms with Crippen LogP contribution in [0.25, 0.3) is 11.3 Å². The van der Waals surface area contributed by atoms with E-state index >= 15 is 0 Å². The van der Waals surface area contributed by atoms with Crippen molar-refractivity contribution in [2.75, 3.05) is 11.4 Å². The molecule has 1 aliphatic heterocycles. The number of carbonyl (C=O) groups excluding carboxylic acids is 2. The van der Waals surface area contributed by atoms with Gasteiger partial charge in [0.2, 0.25) is 0 Å². The Morgan fingerprint density at radius 1 is 1.03 bits per heavy atom. The van der Waals surface area contributed by atoms with Crippen LogP contribution in [0.15, 0.2) is 85.3 Å². The number of esters is 1. The van der Waals surface area contributed by atoms with Crippen molar-refractivity contribution >= 4 is 17.6 Å². The van der Waals surface area contributed by atoms with Gasteiger partial charge in [0.1, 0.15) is 11.3 Å².